The molecule has 0 radical (unpaired) electrons. The van der Waals surface area contributed by atoms with E-state index >= 15 is 0 Å². The molecular formula is C43H33N3. The van der Waals surface area contributed by atoms with Crippen molar-refractivity contribution in [2.45, 2.75) is 19.3 Å². The van der Waals surface area contributed by atoms with Gasteiger partial charge in [-0.3, -0.25) is 4.57 Å². The summed E-state index contributed by atoms with van der Waals surface area (Å²) < 4.78 is 2.14. The summed E-state index contributed by atoms with van der Waals surface area (Å²) in [6.45, 7) is 8.91. The molecule has 1 aliphatic carbocycles. The molecule has 3 nitrogen and oxygen atoms in total. The van der Waals surface area contributed by atoms with Gasteiger partial charge in [0.15, 0.2) is 0 Å². The molecule has 220 valence electrons. The van der Waals surface area contributed by atoms with Crippen LogP contribution in [-0.2, 0) is 5.41 Å². The first-order valence-corrected chi connectivity index (χ1v) is 15.7. The molecule has 0 saturated heterocycles. The molecule has 7 aromatic rings. The second-order valence-electron chi connectivity index (χ2n) is 12.3. The van der Waals surface area contributed by atoms with Crippen LogP contribution in [0.4, 0.5) is 0 Å². The van der Waals surface area contributed by atoms with E-state index < -0.39 is 0 Å². The number of fused-ring (bicyclic) bond motifs is 4. The third kappa shape index (κ3) is 4.52. The molecule has 0 fully saturated rings. The Morgan fingerprint density at radius 2 is 1.22 bits per heavy atom. The Morgan fingerprint density at radius 3 is 1.91 bits per heavy atom. The molecule has 3 heteroatoms. The van der Waals surface area contributed by atoms with E-state index in [1.165, 1.54) is 27.8 Å². The average molecular weight is 592 g/mol. The summed E-state index contributed by atoms with van der Waals surface area (Å²) in [5.74, 6) is 0.614. The summed E-state index contributed by atoms with van der Waals surface area (Å²) in [5.41, 5.74) is 13.4. The Hall–Kier alpha value is -5.80. The Bertz CT molecular complexity index is 2230. The highest BCUT2D eigenvalue weighted by Crippen LogP contribution is 2.48. The number of hydrogen-bond acceptors (Lipinski definition) is 2. The Balaban J connectivity index is 1.28. The van der Waals surface area contributed by atoms with Gasteiger partial charge in [0.1, 0.15) is 0 Å². The van der Waals surface area contributed by atoms with Crippen molar-refractivity contribution in [1.82, 2.24) is 14.5 Å². The lowest BCUT2D eigenvalue weighted by molar-refractivity contribution is 0.660. The molecule has 8 rings (SSSR count). The highest BCUT2D eigenvalue weighted by atomic mass is 15.2. The van der Waals surface area contributed by atoms with Gasteiger partial charge in [-0.05, 0) is 46.0 Å². The number of para-hydroxylation sites is 1. The Morgan fingerprint density at radius 1 is 0.609 bits per heavy atom. The van der Waals surface area contributed by atoms with Gasteiger partial charge in [-0.15, -0.1) is 0 Å². The number of nitrogens with zero attached hydrogens (tertiary/aromatic N) is 3. The maximum absolute atomic E-state index is 5.14. The lowest BCUT2D eigenvalue weighted by Crippen LogP contribution is -2.14. The fourth-order valence-electron chi connectivity index (χ4n) is 6.93. The van der Waals surface area contributed by atoms with Crippen LogP contribution in [0.15, 0.2) is 140 Å². The molecule has 2 aromatic heterocycles. The lowest BCUT2D eigenvalue weighted by Gasteiger charge is -2.21. The first-order chi connectivity index (χ1) is 22.5. The average Bonchev–Trinajstić information content (AvgIpc) is 3.56. The van der Waals surface area contributed by atoms with Crippen LogP contribution in [0, 0.1) is 0 Å². The molecule has 46 heavy (non-hydrogen) atoms. The van der Waals surface area contributed by atoms with Crippen molar-refractivity contribution < 1.29 is 0 Å². The number of aromatic nitrogens is 3. The maximum Gasteiger partial charge on any atom is 0.235 e. The van der Waals surface area contributed by atoms with E-state index in [0.717, 1.165) is 44.7 Å². The first-order valence-electron chi connectivity index (χ1n) is 15.7. The van der Waals surface area contributed by atoms with E-state index in [2.05, 4.69) is 134 Å². The fourth-order valence-corrected chi connectivity index (χ4v) is 6.93. The van der Waals surface area contributed by atoms with Crippen molar-refractivity contribution >= 4 is 29.1 Å². The van der Waals surface area contributed by atoms with Crippen molar-refractivity contribution in [2.75, 3.05) is 0 Å². The van der Waals surface area contributed by atoms with E-state index in [4.69, 9.17) is 9.97 Å². The predicted molar refractivity (Wildman–Crippen MR) is 193 cm³/mol. The minimum Gasteiger partial charge on any atom is -0.278 e. The van der Waals surface area contributed by atoms with Crippen LogP contribution in [-0.4, -0.2) is 14.5 Å². The van der Waals surface area contributed by atoms with Gasteiger partial charge < -0.3 is 0 Å². The number of benzene rings is 5. The first kappa shape index (κ1) is 27.7. The van der Waals surface area contributed by atoms with Crippen molar-refractivity contribution in [3.8, 4) is 39.6 Å². The molecule has 0 saturated carbocycles. The summed E-state index contributed by atoms with van der Waals surface area (Å²) in [7, 11) is 0. The molecular weight excluding hydrogens is 558 g/mol. The largest absolute Gasteiger partial charge is 0.278 e. The van der Waals surface area contributed by atoms with Gasteiger partial charge in [0.05, 0.1) is 22.6 Å². The topological polar surface area (TPSA) is 30.7 Å². The van der Waals surface area contributed by atoms with Crippen LogP contribution in [0.25, 0.3) is 68.7 Å². The number of hydrogen-bond donors (Lipinski definition) is 0. The summed E-state index contributed by atoms with van der Waals surface area (Å²) in [5, 5.41) is 1.12. The Labute approximate surface area is 269 Å². The molecule has 0 bridgehead atoms. The van der Waals surface area contributed by atoms with E-state index in [0.29, 0.717) is 5.95 Å². The molecule has 0 unspecified atom stereocenters. The van der Waals surface area contributed by atoms with E-state index in [9.17, 15) is 0 Å². The summed E-state index contributed by atoms with van der Waals surface area (Å²) in [4.78, 5) is 10.3. The zero-order valence-corrected chi connectivity index (χ0v) is 26.0. The molecule has 0 aliphatic heterocycles. The molecule has 0 amide bonds. The van der Waals surface area contributed by atoms with Crippen LogP contribution in [0.5, 0.6) is 0 Å². The summed E-state index contributed by atoms with van der Waals surface area (Å²) in [6.07, 6.45) is 6.35. The highest BCUT2D eigenvalue weighted by molar-refractivity contribution is 5.97. The second kappa shape index (κ2) is 11.0. The van der Waals surface area contributed by atoms with E-state index in [-0.39, 0.29) is 5.41 Å². The lowest BCUT2D eigenvalue weighted by atomic mass is 9.82. The normalized spacial score (nSPS) is 13.2. The van der Waals surface area contributed by atoms with Gasteiger partial charge in [-0.25, -0.2) is 9.97 Å². The van der Waals surface area contributed by atoms with E-state index in [1.807, 2.05) is 42.5 Å². The van der Waals surface area contributed by atoms with Gasteiger partial charge in [0.2, 0.25) is 5.95 Å². The fraction of sp³-hybridized carbons (Fsp3) is 0.0698. The smallest absolute Gasteiger partial charge is 0.235 e. The highest BCUT2D eigenvalue weighted by Gasteiger charge is 2.35. The molecule has 1 aliphatic rings. The van der Waals surface area contributed by atoms with Gasteiger partial charge in [0.25, 0.3) is 0 Å². The SMILES string of the molecule is C=Cc1c(C=Cc2ccc3c(c2)C(C)(C)c2ccccc2-3)c2ccccc2n1-c1nc(-c2ccccc2)cc(-c2ccccc2)n1. The zero-order valence-electron chi connectivity index (χ0n) is 26.0. The minimum atomic E-state index is -0.0460. The van der Waals surface area contributed by atoms with E-state index in [1.54, 1.807) is 0 Å². The quantitative estimate of drug-likeness (QED) is 0.193. The molecule has 0 N–H and O–H groups in total. The van der Waals surface area contributed by atoms with Crippen LogP contribution in [0.2, 0.25) is 0 Å². The number of rotatable bonds is 6. The third-order valence-corrected chi connectivity index (χ3v) is 9.25. The van der Waals surface area contributed by atoms with Crippen molar-refractivity contribution in [1.29, 1.82) is 0 Å². The minimum absolute atomic E-state index is 0.0460. The van der Waals surface area contributed by atoms with Gasteiger partial charge in [-0.2, -0.15) is 0 Å². The van der Waals surface area contributed by atoms with Crippen LogP contribution < -0.4 is 0 Å². The monoisotopic (exact) mass is 591 g/mol. The zero-order chi connectivity index (χ0) is 31.3. The second-order valence-corrected chi connectivity index (χ2v) is 12.3. The summed E-state index contributed by atoms with van der Waals surface area (Å²) in [6, 6.07) is 46.7. The predicted octanol–water partition coefficient (Wildman–Crippen LogP) is 10.9. The molecule has 2 heterocycles. The van der Waals surface area contributed by atoms with Crippen molar-refractivity contribution in [2.24, 2.45) is 0 Å². The molecule has 0 spiro atoms. The Kier molecular flexibility index (Phi) is 6.61. The third-order valence-electron chi connectivity index (χ3n) is 9.25. The molecule has 5 aromatic carbocycles. The van der Waals surface area contributed by atoms with Crippen LogP contribution >= 0.6 is 0 Å². The van der Waals surface area contributed by atoms with Gasteiger partial charge in [0, 0.05) is 27.5 Å². The van der Waals surface area contributed by atoms with Gasteiger partial charge in [-0.1, -0.05) is 154 Å². The molecule has 0 atom stereocenters. The van der Waals surface area contributed by atoms with Crippen molar-refractivity contribution in [3.63, 3.8) is 0 Å². The summed E-state index contributed by atoms with van der Waals surface area (Å²) >= 11 is 0. The standard InChI is InChI=1S/C43H33N3/c1-4-40-35(26-24-29-23-25-33-32-19-11-13-21-36(32)43(2,3)37(33)27-29)34-20-12-14-22-41(34)46(40)42-44-38(30-15-7-5-8-16-30)28-39(45-42)31-17-9-6-10-18-31/h4-28H,1H2,2-3H3. The van der Waals surface area contributed by atoms with Gasteiger partial charge >= 0.3 is 0 Å². The maximum atomic E-state index is 5.14. The van der Waals surface area contributed by atoms with Crippen LogP contribution in [0.1, 0.15) is 41.8 Å². The van der Waals surface area contributed by atoms with Crippen LogP contribution in [0.3, 0.4) is 0 Å². The van der Waals surface area contributed by atoms with Crippen molar-refractivity contribution in [3.05, 3.63) is 168 Å².